The van der Waals surface area contributed by atoms with E-state index in [-0.39, 0.29) is 36.7 Å². The second-order valence-corrected chi connectivity index (χ2v) is 6.43. The summed E-state index contributed by atoms with van der Waals surface area (Å²) in [6.07, 6.45) is 0.931. The minimum Gasteiger partial charge on any atom is -0.314 e. The third kappa shape index (κ3) is 5.24. The minimum atomic E-state index is -0.137. The van der Waals surface area contributed by atoms with E-state index in [1.807, 2.05) is 6.07 Å². The lowest BCUT2D eigenvalue weighted by atomic mass is 9.93. The molecular formula is C16H26Cl3FN2. The van der Waals surface area contributed by atoms with Crippen LogP contribution >= 0.6 is 36.4 Å². The molecule has 0 unspecified atom stereocenters. The number of rotatable bonds is 4. The van der Waals surface area contributed by atoms with E-state index in [1.54, 1.807) is 13.0 Å². The Kier molecular flexibility index (Phi) is 9.91. The van der Waals surface area contributed by atoms with Gasteiger partial charge in [-0.25, -0.2) is 4.39 Å². The average Bonchev–Trinajstić information content (AvgIpc) is 2.43. The summed E-state index contributed by atoms with van der Waals surface area (Å²) in [4.78, 5) is 2.36. The smallest absolute Gasteiger partial charge is 0.132 e. The zero-order chi connectivity index (χ0) is 14.7. The van der Waals surface area contributed by atoms with E-state index in [1.165, 1.54) is 0 Å². The molecular weight excluding hydrogens is 346 g/mol. The first kappa shape index (κ1) is 21.9. The highest BCUT2D eigenvalue weighted by atomic mass is 35.5. The molecule has 0 amide bonds. The predicted octanol–water partition coefficient (Wildman–Crippen LogP) is 4.62. The number of nitrogens with zero attached hydrogens (tertiary/aromatic N) is 1. The maximum atomic E-state index is 14.6. The van der Waals surface area contributed by atoms with Gasteiger partial charge >= 0.3 is 0 Å². The van der Waals surface area contributed by atoms with Gasteiger partial charge in [0.15, 0.2) is 0 Å². The Hall–Kier alpha value is -0.0600. The van der Waals surface area contributed by atoms with Crippen molar-refractivity contribution in [2.45, 2.75) is 33.2 Å². The van der Waals surface area contributed by atoms with E-state index in [0.29, 0.717) is 22.1 Å². The Balaban J connectivity index is 0.00000220. The Morgan fingerprint density at radius 3 is 2.36 bits per heavy atom. The van der Waals surface area contributed by atoms with Gasteiger partial charge in [0.25, 0.3) is 0 Å². The van der Waals surface area contributed by atoms with Gasteiger partial charge in [0.1, 0.15) is 5.82 Å². The van der Waals surface area contributed by atoms with Crippen molar-refractivity contribution < 1.29 is 4.39 Å². The van der Waals surface area contributed by atoms with Gasteiger partial charge < -0.3 is 5.32 Å². The summed E-state index contributed by atoms with van der Waals surface area (Å²) >= 11 is 6.32. The van der Waals surface area contributed by atoms with Crippen molar-refractivity contribution in [2.75, 3.05) is 26.2 Å². The zero-order valence-electron chi connectivity index (χ0n) is 13.4. The Bertz CT molecular complexity index is 463. The van der Waals surface area contributed by atoms with E-state index in [4.69, 9.17) is 11.6 Å². The fourth-order valence-corrected chi connectivity index (χ4v) is 3.15. The zero-order valence-corrected chi connectivity index (χ0v) is 15.8. The van der Waals surface area contributed by atoms with Gasteiger partial charge in [-0.3, -0.25) is 4.90 Å². The first-order chi connectivity index (χ1) is 9.50. The van der Waals surface area contributed by atoms with Gasteiger partial charge in [-0.05, 0) is 30.9 Å². The van der Waals surface area contributed by atoms with E-state index in [0.717, 1.165) is 32.6 Å². The van der Waals surface area contributed by atoms with Crippen molar-refractivity contribution in [1.82, 2.24) is 10.2 Å². The molecule has 1 heterocycles. The number of piperazine rings is 1. The Morgan fingerprint density at radius 2 is 1.82 bits per heavy atom. The molecule has 1 aromatic rings. The van der Waals surface area contributed by atoms with Crippen LogP contribution in [0, 0.1) is 18.7 Å². The van der Waals surface area contributed by atoms with Gasteiger partial charge in [-0.2, -0.15) is 0 Å². The normalized spacial score (nSPS) is 16.8. The fraction of sp³-hybridized carbons (Fsp3) is 0.625. The molecule has 0 saturated carbocycles. The molecule has 2 nitrogen and oxygen atoms in total. The lowest BCUT2D eigenvalue weighted by Crippen LogP contribution is -2.45. The lowest BCUT2D eigenvalue weighted by molar-refractivity contribution is 0.151. The maximum absolute atomic E-state index is 14.6. The van der Waals surface area contributed by atoms with E-state index in [9.17, 15) is 4.39 Å². The molecule has 22 heavy (non-hydrogen) atoms. The summed E-state index contributed by atoms with van der Waals surface area (Å²) in [5, 5.41) is 3.90. The van der Waals surface area contributed by atoms with Crippen LogP contribution in [0.3, 0.4) is 0 Å². The summed E-state index contributed by atoms with van der Waals surface area (Å²) in [6.45, 7) is 9.97. The summed E-state index contributed by atoms with van der Waals surface area (Å²) < 4.78 is 14.6. The van der Waals surface area contributed by atoms with Gasteiger partial charge in [0, 0.05) is 42.8 Å². The van der Waals surface area contributed by atoms with Crippen LogP contribution in [-0.4, -0.2) is 31.1 Å². The molecule has 1 fully saturated rings. The van der Waals surface area contributed by atoms with Crippen LogP contribution < -0.4 is 5.32 Å². The molecule has 0 aliphatic carbocycles. The molecule has 2 rings (SSSR count). The van der Waals surface area contributed by atoms with Crippen LogP contribution in [0.2, 0.25) is 5.02 Å². The van der Waals surface area contributed by atoms with Crippen molar-refractivity contribution in [3.05, 3.63) is 34.1 Å². The quantitative estimate of drug-likeness (QED) is 0.830. The third-order valence-corrected chi connectivity index (χ3v) is 4.27. The fourth-order valence-electron chi connectivity index (χ4n) is 2.87. The van der Waals surface area contributed by atoms with Crippen molar-refractivity contribution in [2.24, 2.45) is 5.92 Å². The van der Waals surface area contributed by atoms with Crippen molar-refractivity contribution in [1.29, 1.82) is 0 Å². The maximum Gasteiger partial charge on any atom is 0.132 e. The van der Waals surface area contributed by atoms with Gasteiger partial charge in [0.05, 0.1) is 0 Å². The number of hydrogen-bond acceptors (Lipinski definition) is 2. The molecule has 128 valence electrons. The predicted molar refractivity (Wildman–Crippen MR) is 97.3 cm³/mol. The van der Waals surface area contributed by atoms with E-state index < -0.39 is 0 Å². The monoisotopic (exact) mass is 370 g/mol. The number of halogens is 4. The lowest BCUT2D eigenvalue weighted by Gasteiger charge is -2.36. The van der Waals surface area contributed by atoms with Crippen LogP contribution in [0.25, 0.3) is 0 Å². The summed E-state index contributed by atoms with van der Waals surface area (Å²) in [6, 6.07) is 3.65. The molecule has 0 bridgehead atoms. The Labute approximate surface area is 150 Å². The van der Waals surface area contributed by atoms with Crippen LogP contribution in [0.15, 0.2) is 12.1 Å². The molecule has 1 N–H and O–H groups in total. The van der Waals surface area contributed by atoms with Gasteiger partial charge in [0.2, 0.25) is 0 Å². The SMILES string of the molecule is Cc1ccc(Cl)c([C@@H](CC(C)C)N2CCNCC2)c1F.Cl.Cl. The van der Waals surface area contributed by atoms with Crippen molar-refractivity contribution in [3.63, 3.8) is 0 Å². The minimum absolute atomic E-state index is 0. The second kappa shape index (κ2) is 9.94. The Morgan fingerprint density at radius 1 is 1.23 bits per heavy atom. The van der Waals surface area contributed by atoms with Crippen LogP contribution in [-0.2, 0) is 0 Å². The third-order valence-electron chi connectivity index (χ3n) is 3.94. The van der Waals surface area contributed by atoms with Gasteiger partial charge in [-0.1, -0.05) is 31.5 Å². The van der Waals surface area contributed by atoms with E-state index in [2.05, 4.69) is 24.1 Å². The molecule has 1 atom stereocenters. The number of nitrogens with one attached hydrogen (secondary N) is 1. The first-order valence-corrected chi connectivity index (χ1v) is 7.77. The van der Waals surface area contributed by atoms with Crippen LogP contribution in [0.5, 0.6) is 0 Å². The van der Waals surface area contributed by atoms with Crippen LogP contribution in [0.1, 0.15) is 37.4 Å². The molecule has 0 radical (unpaired) electrons. The molecule has 0 spiro atoms. The second-order valence-electron chi connectivity index (χ2n) is 6.02. The molecule has 1 aliphatic rings. The summed E-state index contributed by atoms with van der Waals surface area (Å²) in [5.41, 5.74) is 1.36. The molecule has 1 saturated heterocycles. The average molecular weight is 372 g/mol. The largest absolute Gasteiger partial charge is 0.314 e. The van der Waals surface area contributed by atoms with Crippen LogP contribution in [0.4, 0.5) is 4.39 Å². The highest BCUT2D eigenvalue weighted by Crippen LogP contribution is 2.35. The highest BCUT2D eigenvalue weighted by Gasteiger charge is 2.28. The summed E-state index contributed by atoms with van der Waals surface area (Å²) in [7, 11) is 0. The number of hydrogen-bond donors (Lipinski definition) is 1. The van der Waals surface area contributed by atoms with Crippen molar-refractivity contribution >= 4 is 36.4 Å². The van der Waals surface area contributed by atoms with Crippen molar-refractivity contribution in [3.8, 4) is 0 Å². The topological polar surface area (TPSA) is 15.3 Å². The van der Waals surface area contributed by atoms with Gasteiger partial charge in [-0.15, -0.1) is 24.8 Å². The molecule has 0 aromatic heterocycles. The number of aryl methyl sites for hydroxylation is 1. The van der Waals surface area contributed by atoms with E-state index >= 15 is 0 Å². The number of benzene rings is 1. The molecule has 1 aromatic carbocycles. The highest BCUT2D eigenvalue weighted by molar-refractivity contribution is 6.31. The standard InChI is InChI=1S/C16H24ClFN2.2ClH/c1-11(2)10-14(20-8-6-19-7-9-20)15-13(17)5-4-12(3)16(15)18;;/h4-5,11,14,19H,6-10H2,1-3H3;2*1H/t14-;;/m1../s1. The summed E-state index contributed by atoms with van der Waals surface area (Å²) in [5.74, 6) is 0.368. The first-order valence-electron chi connectivity index (χ1n) is 7.40. The molecule has 1 aliphatic heterocycles. The molecule has 6 heteroatoms.